The summed E-state index contributed by atoms with van der Waals surface area (Å²) in [6.45, 7) is 5.95. The van der Waals surface area contributed by atoms with Crippen molar-refractivity contribution in [3.8, 4) is 5.82 Å². The third-order valence-electron chi connectivity index (χ3n) is 2.60. The lowest BCUT2D eigenvalue weighted by atomic mass is 10.2. The molecule has 0 aromatic carbocycles. The molecule has 0 saturated carbocycles. The standard InChI is InChI=1S/C12H16N6O/c1-7(2)11-15-8(3)6-9(16-11)18-5-4-14-12(18)10(13)17-19/h4-7,19H,1-3H3,(H2,13,17). The SMILES string of the molecule is Cc1cc(-n2ccnc2C(N)=NO)nc(C(C)C)n1. The fraction of sp³-hybridized carbons (Fsp3) is 0.333. The minimum atomic E-state index is -0.0626. The van der Waals surface area contributed by atoms with Gasteiger partial charge in [-0.3, -0.25) is 4.57 Å². The van der Waals surface area contributed by atoms with Gasteiger partial charge in [0.25, 0.3) is 0 Å². The van der Waals surface area contributed by atoms with Crippen molar-refractivity contribution in [3.05, 3.63) is 35.8 Å². The third-order valence-corrected chi connectivity index (χ3v) is 2.60. The van der Waals surface area contributed by atoms with Gasteiger partial charge < -0.3 is 10.9 Å². The van der Waals surface area contributed by atoms with Crippen molar-refractivity contribution in [3.63, 3.8) is 0 Å². The molecule has 2 aromatic heterocycles. The highest BCUT2D eigenvalue weighted by atomic mass is 16.4. The molecule has 0 fully saturated rings. The van der Waals surface area contributed by atoms with Gasteiger partial charge in [-0.2, -0.15) is 0 Å². The number of aromatic nitrogens is 4. The van der Waals surface area contributed by atoms with Crippen LogP contribution in [0.1, 0.15) is 37.1 Å². The minimum Gasteiger partial charge on any atom is -0.409 e. The average Bonchev–Trinajstić information content (AvgIpc) is 2.86. The van der Waals surface area contributed by atoms with E-state index in [9.17, 15) is 0 Å². The molecule has 0 bridgehead atoms. The number of nitrogens with zero attached hydrogens (tertiary/aromatic N) is 5. The van der Waals surface area contributed by atoms with Gasteiger partial charge in [-0.25, -0.2) is 15.0 Å². The Balaban J connectivity index is 2.56. The van der Waals surface area contributed by atoms with Gasteiger partial charge >= 0.3 is 0 Å². The van der Waals surface area contributed by atoms with Crippen LogP contribution < -0.4 is 5.73 Å². The van der Waals surface area contributed by atoms with E-state index in [4.69, 9.17) is 10.9 Å². The molecule has 19 heavy (non-hydrogen) atoms. The number of nitrogens with two attached hydrogens (primary N) is 1. The van der Waals surface area contributed by atoms with Gasteiger partial charge in [0.2, 0.25) is 5.84 Å². The van der Waals surface area contributed by atoms with Crippen molar-refractivity contribution in [2.24, 2.45) is 10.9 Å². The molecular formula is C12H16N6O. The molecule has 0 saturated heterocycles. The zero-order chi connectivity index (χ0) is 14.0. The van der Waals surface area contributed by atoms with Crippen LogP contribution in [0.15, 0.2) is 23.6 Å². The molecule has 0 spiro atoms. The van der Waals surface area contributed by atoms with Crippen LogP contribution in [-0.2, 0) is 0 Å². The van der Waals surface area contributed by atoms with E-state index in [1.807, 2.05) is 26.8 Å². The Morgan fingerprint density at radius 1 is 1.42 bits per heavy atom. The fourth-order valence-corrected chi connectivity index (χ4v) is 1.68. The number of aryl methyl sites for hydroxylation is 1. The number of amidine groups is 1. The van der Waals surface area contributed by atoms with E-state index in [0.29, 0.717) is 11.6 Å². The van der Waals surface area contributed by atoms with Crippen LogP contribution >= 0.6 is 0 Å². The molecule has 0 radical (unpaired) electrons. The summed E-state index contributed by atoms with van der Waals surface area (Å²) < 4.78 is 1.66. The predicted octanol–water partition coefficient (Wildman–Crippen LogP) is 1.19. The number of hydrogen-bond acceptors (Lipinski definition) is 5. The maximum Gasteiger partial charge on any atom is 0.206 e. The molecular weight excluding hydrogens is 244 g/mol. The Kier molecular flexibility index (Phi) is 3.46. The van der Waals surface area contributed by atoms with E-state index in [-0.39, 0.29) is 11.8 Å². The molecule has 2 aromatic rings. The Bertz CT molecular complexity index is 616. The molecule has 7 heteroatoms. The first kappa shape index (κ1) is 13.0. The van der Waals surface area contributed by atoms with Crippen LogP contribution in [0.4, 0.5) is 0 Å². The molecule has 7 nitrogen and oxygen atoms in total. The van der Waals surface area contributed by atoms with Crippen LogP contribution in [0.3, 0.4) is 0 Å². The average molecular weight is 260 g/mol. The summed E-state index contributed by atoms with van der Waals surface area (Å²) in [4.78, 5) is 12.9. The largest absolute Gasteiger partial charge is 0.409 e. The molecule has 0 amide bonds. The second kappa shape index (κ2) is 5.05. The van der Waals surface area contributed by atoms with Crippen molar-refractivity contribution in [2.45, 2.75) is 26.7 Å². The maximum absolute atomic E-state index is 8.75. The molecule has 100 valence electrons. The maximum atomic E-state index is 8.75. The van der Waals surface area contributed by atoms with E-state index in [1.165, 1.54) is 0 Å². The lowest BCUT2D eigenvalue weighted by Gasteiger charge is -2.10. The molecule has 3 N–H and O–H groups in total. The van der Waals surface area contributed by atoms with Gasteiger partial charge in [0.1, 0.15) is 11.6 Å². The number of imidazole rings is 1. The van der Waals surface area contributed by atoms with Crippen molar-refractivity contribution in [1.29, 1.82) is 0 Å². The van der Waals surface area contributed by atoms with E-state index in [0.717, 1.165) is 11.5 Å². The smallest absolute Gasteiger partial charge is 0.206 e. The zero-order valence-electron chi connectivity index (χ0n) is 11.1. The molecule has 2 heterocycles. The van der Waals surface area contributed by atoms with Crippen LogP contribution in [-0.4, -0.2) is 30.6 Å². The van der Waals surface area contributed by atoms with E-state index in [2.05, 4.69) is 20.1 Å². The van der Waals surface area contributed by atoms with Crippen LogP contribution in [0.5, 0.6) is 0 Å². The number of oxime groups is 1. The highest BCUT2D eigenvalue weighted by molar-refractivity contribution is 5.94. The van der Waals surface area contributed by atoms with Gasteiger partial charge in [-0.1, -0.05) is 19.0 Å². The molecule has 0 aliphatic rings. The Hall–Kier alpha value is -2.44. The van der Waals surface area contributed by atoms with Gasteiger partial charge in [-0.05, 0) is 6.92 Å². The van der Waals surface area contributed by atoms with Crippen molar-refractivity contribution >= 4 is 5.84 Å². The highest BCUT2D eigenvalue weighted by Gasteiger charge is 2.13. The molecule has 2 rings (SSSR count). The summed E-state index contributed by atoms with van der Waals surface area (Å²) in [6.07, 6.45) is 3.28. The number of rotatable bonds is 3. The van der Waals surface area contributed by atoms with Gasteiger partial charge in [-0.15, -0.1) is 0 Å². The van der Waals surface area contributed by atoms with Gasteiger partial charge in [0.15, 0.2) is 5.82 Å². The Labute approximate surface area is 110 Å². The van der Waals surface area contributed by atoms with E-state index in [1.54, 1.807) is 17.0 Å². The minimum absolute atomic E-state index is 0.0626. The van der Waals surface area contributed by atoms with Crippen molar-refractivity contribution < 1.29 is 5.21 Å². The number of hydrogen-bond donors (Lipinski definition) is 2. The molecule has 0 unspecified atom stereocenters. The first-order valence-electron chi connectivity index (χ1n) is 5.90. The molecule has 0 atom stereocenters. The molecule has 0 aliphatic heterocycles. The van der Waals surface area contributed by atoms with Crippen LogP contribution in [0, 0.1) is 6.92 Å². The second-order valence-electron chi connectivity index (χ2n) is 4.49. The summed E-state index contributed by atoms with van der Waals surface area (Å²) in [7, 11) is 0. The second-order valence-corrected chi connectivity index (χ2v) is 4.49. The zero-order valence-corrected chi connectivity index (χ0v) is 11.1. The predicted molar refractivity (Wildman–Crippen MR) is 70.5 cm³/mol. The van der Waals surface area contributed by atoms with Gasteiger partial charge in [0, 0.05) is 30.1 Å². The van der Waals surface area contributed by atoms with Crippen LogP contribution in [0.2, 0.25) is 0 Å². The Morgan fingerprint density at radius 2 is 2.16 bits per heavy atom. The highest BCUT2D eigenvalue weighted by Crippen LogP contribution is 2.14. The van der Waals surface area contributed by atoms with E-state index >= 15 is 0 Å². The van der Waals surface area contributed by atoms with Crippen LogP contribution in [0.25, 0.3) is 5.82 Å². The lowest BCUT2D eigenvalue weighted by Crippen LogP contribution is -2.19. The lowest BCUT2D eigenvalue weighted by molar-refractivity contribution is 0.318. The molecule has 0 aliphatic carbocycles. The van der Waals surface area contributed by atoms with Crippen molar-refractivity contribution in [1.82, 2.24) is 19.5 Å². The third kappa shape index (κ3) is 2.54. The summed E-state index contributed by atoms with van der Waals surface area (Å²) in [5.74, 6) is 1.89. The quantitative estimate of drug-likeness (QED) is 0.373. The topological polar surface area (TPSA) is 102 Å². The van der Waals surface area contributed by atoms with E-state index < -0.39 is 0 Å². The first-order valence-corrected chi connectivity index (χ1v) is 5.90. The normalized spacial score (nSPS) is 12.1. The summed E-state index contributed by atoms with van der Waals surface area (Å²) >= 11 is 0. The van der Waals surface area contributed by atoms with Crippen molar-refractivity contribution in [2.75, 3.05) is 0 Å². The van der Waals surface area contributed by atoms with Gasteiger partial charge in [0.05, 0.1) is 0 Å². The first-order chi connectivity index (χ1) is 9.02. The summed E-state index contributed by atoms with van der Waals surface area (Å²) in [5.41, 5.74) is 6.44. The monoisotopic (exact) mass is 260 g/mol. The fourth-order valence-electron chi connectivity index (χ4n) is 1.68. The Morgan fingerprint density at radius 3 is 2.79 bits per heavy atom. The summed E-state index contributed by atoms with van der Waals surface area (Å²) in [5, 5.41) is 11.7. The summed E-state index contributed by atoms with van der Waals surface area (Å²) in [6, 6.07) is 1.82.